The van der Waals surface area contributed by atoms with Crippen LogP contribution in [0.15, 0.2) is 180 Å². The first-order valence-corrected chi connectivity index (χ1v) is 27.8. The summed E-state index contributed by atoms with van der Waals surface area (Å²) in [4.78, 5) is 5.45. The zero-order chi connectivity index (χ0) is 49.3. The molecule has 4 heterocycles. The largest absolute Gasteiger partial charge is 0.313 e. The van der Waals surface area contributed by atoms with Gasteiger partial charge in [-0.2, -0.15) is 0 Å². The van der Waals surface area contributed by atoms with E-state index in [9.17, 15) is 0 Å². The highest BCUT2D eigenvalue weighted by Gasteiger charge is 2.44. The minimum Gasteiger partial charge on any atom is -0.313 e. The van der Waals surface area contributed by atoms with E-state index in [1.165, 1.54) is 152 Å². The lowest BCUT2D eigenvalue weighted by atomic mass is 9.34. The maximum Gasteiger partial charge on any atom is 0.249 e. The van der Waals surface area contributed by atoms with Crippen molar-refractivity contribution in [1.29, 1.82) is 0 Å². The van der Waals surface area contributed by atoms with E-state index in [0.29, 0.717) is 0 Å². The fourth-order valence-electron chi connectivity index (χ4n) is 13.2. The summed E-state index contributed by atoms with van der Waals surface area (Å²) in [6, 6.07) is 66.0. The standard InChI is InChI=1S/C68H62BN3S/c1-67(2,3)45-37-53(43-21-9-7-10-22-43)66(54(38-45)44-23-11-8-12-24-44)72-61-42-48(71-59-31-19-15-27-51(59)52-28-16-20-32-60(52)71)33-35-55(61)69-56-41-47(70-57-29-17-13-25-49(57)50-26-14-18-30-58(50)70)34-36-63(56)73-64-40-46(68(4,5)6)39-62(72)65(64)69/h7-13,15,17,19,21-25,27,29,31,33-42H,14,16,18,20,26,28,30,32H2,1-6H3. The third-order valence-electron chi connectivity index (χ3n) is 16.8. The van der Waals surface area contributed by atoms with E-state index in [1.807, 2.05) is 11.8 Å². The molecule has 73 heavy (non-hydrogen) atoms. The number of aromatic nitrogens is 2. The monoisotopic (exact) mass is 963 g/mol. The Morgan fingerprint density at radius 3 is 1.52 bits per heavy atom. The molecule has 5 heteroatoms. The van der Waals surface area contributed by atoms with Crippen molar-refractivity contribution in [3.8, 4) is 33.6 Å². The van der Waals surface area contributed by atoms with Crippen molar-refractivity contribution < 1.29 is 0 Å². The summed E-state index contributed by atoms with van der Waals surface area (Å²) < 4.78 is 5.26. The predicted octanol–water partition coefficient (Wildman–Crippen LogP) is 16.0. The number of benzene rings is 8. The third kappa shape index (κ3) is 7.09. The van der Waals surface area contributed by atoms with E-state index >= 15 is 0 Å². The zero-order valence-corrected chi connectivity index (χ0v) is 44.0. The Balaban J connectivity index is 1.11. The van der Waals surface area contributed by atoms with Crippen LogP contribution in [0, 0.1) is 0 Å². The predicted molar refractivity (Wildman–Crippen MR) is 312 cm³/mol. The van der Waals surface area contributed by atoms with Gasteiger partial charge in [0.05, 0.1) is 16.7 Å². The van der Waals surface area contributed by atoms with Crippen molar-refractivity contribution in [3.05, 3.63) is 203 Å². The van der Waals surface area contributed by atoms with Gasteiger partial charge in [0.1, 0.15) is 0 Å². The summed E-state index contributed by atoms with van der Waals surface area (Å²) in [6.07, 6.45) is 9.43. The van der Waals surface area contributed by atoms with E-state index in [4.69, 9.17) is 0 Å². The fraction of sp³-hybridized carbons (Fsp3) is 0.235. The molecule has 0 saturated heterocycles. The van der Waals surface area contributed by atoms with Gasteiger partial charge in [0.15, 0.2) is 0 Å². The Morgan fingerprint density at radius 2 is 0.945 bits per heavy atom. The molecule has 358 valence electrons. The summed E-state index contributed by atoms with van der Waals surface area (Å²) in [6.45, 7) is 14.3. The number of hydrogen-bond donors (Lipinski definition) is 0. The Kier molecular flexibility index (Phi) is 10.3. The molecule has 0 atom stereocenters. The number of fused-ring (bicyclic) bond motifs is 10. The smallest absolute Gasteiger partial charge is 0.249 e. The number of para-hydroxylation sites is 2. The van der Waals surface area contributed by atoms with E-state index in [1.54, 1.807) is 5.56 Å². The molecule has 10 aromatic rings. The summed E-state index contributed by atoms with van der Waals surface area (Å²) >= 11 is 1.98. The van der Waals surface area contributed by atoms with Crippen molar-refractivity contribution in [2.24, 2.45) is 0 Å². The van der Waals surface area contributed by atoms with Gasteiger partial charge < -0.3 is 14.0 Å². The van der Waals surface area contributed by atoms with Gasteiger partial charge in [-0.25, -0.2) is 0 Å². The van der Waals surface area contributed by atoms with E-state index < -0.39 is 0 Å². The van der Waals surface area contributed by atoms with Crippen molar-refractivity contribution in [3.63, 3.8) is 0 Å². The van der Waals surface area contributed by atoms with Gasteiger partial charge in [0.25, 0.3) is 0 Å². The van der Waals surface area contributed by atoms with Crippen molar-refractivity contribution in [2.45, 2.75) is 114 Å². The Morgan fingerprint density at radius 1 is 0.438 bits per heavy atom. The van der Waals surface area contributed by atoms with Crippen molar-refractivity contribution >= 4 is 73.7 Å². The first-order valence-electron chi connectivity index (χ1n) is 27.0. The molecular formula is C68H62BN3S. The Bertz CT molecular complexity index is 3800. The number of rotatable bonds is 5. The fourth-order valence-corrected chi connectivity index (χ4v) is 14.4. The summed E-state index contributed by atoms with van der Waals surface area (Å²) in [5, 5.41) is 2.82. The van der Waals surface area contributed by atoms with Crippen LogP contribution in [0.2, 0.25) is 0 Å². The lowest BCUT2D eigenvalue weighted by Gasteiger charge is -2.43. The molecule has 0 bridgehead atoms. The van der Waals surface area contributed by atoms with Crippen LogP contribution in [0.1, 0.15) is 101 Å². The Labute approximate surface area is 436 Å². The van der Waals surface area contributed by atoms with Crippen LogP contribution in [-0.4, -0.2) is 15.8 Å². The molecule has 2 aliphatic carbocycles. The molecule has 2 aliphatic heterocycles. The lowest BCUT2D eigenvalue weighted by molar-refractivity contribution is 0.589. The number of anilines is 3. The van der Waals surface area contributed by atoms with Crippen LogP contribution < -0.4 is 21.3 Å². The number of hydrogen-bond acceptors (Lipinski definition) is 2. The van der Waals surface area contributed by atoms with Crippen molar-refractivity contribution in [1.82, 2.24) is 9.13 Å². The van der Waals surface area contributed by atoms with Crippen LogP contribution in [0.3, 0.4) is 0 Å². The molecule has 0 radical (unpaired) electrons. The van der Waals surface area contributed by atoms with Crippen LogP contribution >= 0.6 is 11.8 Å². The first kappa shape index (κ1) is 44.7. The third-order valence-corrected chi connectivity index (χ3v) is 18.0. The second-order valence-corrected chi connectivity index (χ2v) is 24.4. The van der Waals surface area contributed by atoms with Gasteiger partial charge >= 0.3 is 0 Å². The van der Waals surface area contributed by atoms with Gasteiger partial charge in [-0.15, -0.1) is 0 Å². The normalized spacial score (nSPS) is 15.0. The van der Waals surface area contributed by atoms with Crippen LogP contribution in [-0.2, 0) is 36.5 Å². The van der Waals surface area contributed by atoms with Gasteiger partial charge in [0, 0.05) is 65.8 Å². The van der Waals surface area contributed by atoms with Crippen LogP contribution in [0.5, 0.6) is 0 Å². The maximum atomic E-state index is 2.74. The topological polar surface area (TPSA) is 13.1 Å². The van der Waals surface area contributed by atoms with Gasteiger partial charge in [-0.1, -0.05) is 162 Å². The summed E-state index contributed by atoms with van der Waals surface area (Å²) in [7, 11) is 0. The second kappa shape index (κ2) is 16.8. The van der Waals surface area contributed by atoms with E-state index in [0.717, 1.165) is 25.7 Å². The summed E-state index contributed by atoms with van der Waals surface area (Å²) in [5.41, 5.74) is 26.5. The number of aryl methyl sites for hydroxylation is 2. The van der Waals surface area contributed by atoms with E-state index in [-0.39, 0.29) is 17.5 Å². The first-order chi connectivity index (χ1) is 35.5. The molecule has 4 aliphatic rings. The second-order valence-electron chi connectivity index (χ2n) is 23.4. The minimum absolute atomic E-state index is 0.0118. The van der Waals surface area contributed by atoms with E-state index in [2.05, 4.69) is 225 Å². The molecule has 0 amide bonds. The SMILES string of the molecule is CC(C)(C)c1cc(-c2ccccc2)c(N2c3cc(-n4c5c(c6ccccc64)CCCC5)ccc3B3c4cc(-n5c6c(c7ccccc75)CCCC6)ccc4Sc4cc(C(C)(C)C)cc2c43)c(-c2ccccc2)c1. The average Bonchev–Trinajstić information content (AvgIpc) is 3.93. The highest BCUT2D eigenvalue weighted by molar-refractivity contribution is 8.00. The lowest BCUT2D eigenvalue weighted by Crippen LogP contribution is -2.60. The Hall–Kier alpha value is -6.95. The maximum absolute atomic E-state index is 2.74. The molecule has 0 fully saturated rings. The van der Waals surface area contributed by atoms with Crippen molar-refractivity contribution in [2.75, 3.05) is 4.90 Å². The minimum atomic E-state index is -0.0994. The molecule has 0 saturated carbocycles. The quantitative estimate of drug-likeness (QED) is 0.159. The zero-order valence-electron chi connectivity index (χ0n) is 43.1. The molecule has 3 nitrogen and oxygen atoms in total. The highest BCUT2D eigenvalue weighted by Crippen LogP contribution is 2.52. The van der Waals surface area contributed by atoms with Gasteiger partial charge in [0.2, 0.25) is 6.71 Å². The van der Waals surface area contributed by atoms with Crippen LogP contribution in [0.4, 0.5) is 17.1 Å². The molecule has 8 aromatic carbocycles. The molecule has 14 rings (SSSR count). The summed E-state index contributed by atoms with van der Waals surface area (Å²) in [5.74, 6) is 0. The molecule has 0 spiro atoms. The highest BCUT2D eigenvalue weighted by atomic mass is 32.2. The molecule has 2 aromatic heterocycles. The van der Waals surface area contributed by atoms with Gasteiger partial charge in [-0.05, 0) is 173 Å². The molecule has 0 N–H and O–H groups in total. The molecule has 0 unspecified atom stereocenters. The van der Waals surface area contributed by atoms with Gasteiger partial charge in [-0.3, -0.25) is 0 Å². The number of nitrogens with zero attached hydrogens (tertiary/aromatic N) is 3. The van der Waals surface area contributed by atoms with Crippen LogP contribution in [0.25, 0.3) is 55.4 Å². The average molecular weight is 964 g/mol. The molecular weight excluding hydrogens is 902 g/mol.